The molecule has 5 heteroatoms. The molecule has 4 nitrogen and oxygen atoms in total. The van der Waals surface area contributed by atoms with Gasteiger partial charge in [0.05, 0.1) is 0 Å². The number of rotatable bonds is 3. The molecular weight excluding hydrogens is 224 g/mol. The van der Waals surface area contributed by atoms with Crippen molar-refractivity contribution in [3.8, 4) is 0 Å². The molecule has 1 saturated carbocycles. The maximum absolute atomic E-state index is 11.5. The Bertz CT molecular complexity index is 343. The second-order valence-corrected chi connectivity index (χ2v) is 7.61. The third kappa shape index (κ3) is 5.49. The highest BCUT2D eigenvalue weighted by Crippen LogP contribution is 2.23. The molecule has 0 aromatic heterocycles. The Morgan fingerprint density at radius 3 is 2.38 bits per heavy atom. The highest BCUT2D eigenvalue weighted by Gasteiger charge is 2.19. The molecule has 1 aliphatic carbocycles. The van der Waals surface area contributed by atoms with E-state index in [0.717, 1.165) is 18.8 Å². The Labute approximate surface area is 98.4 Å². The predicted molar refractivity (Wildman–Crippen MR) is 66.8 cm³/mol. The highest BCUT2D eigenvalue weighted by atomic mass is 32.2. The van der Waals surface area contributed by atoms with Gasteiger partial charge in [-0.1, -0.05) is 6.92 Å². The molecule has 1 aliphatic rings. The van der Waals surface area contributed by atoms with Gasteiger partial charge in [0.25, 0.3) is 0 Å². The molecule has 1 N–H and O–H groups in total. The van der Waals surface area contributed by atoms with Crippen LogP contribution in [0.15, 0.2) is 4.36 Å². The van der Waals surface area contributed by atoms with Crippen LogP contribution >= 0.6 is 0 Å². The Hall–Kier alpha value is -0.580. The van der Waals surface area contributed by atoms with Crippen LogP contribution in [0, 0.1) is 5.92 Å². The summed E-state index contributed by atoms with van der Waals surface area (Å²) in [6.45, 7) is 2.27. The highest BCUT2D eigenvalue weighted by molar-refractivity contribution is 7.92. The first-order chi connectivity index (χ1) is 7.37. The number of hydrogen-bond donors (Lipinski definition) is 1. The summed E-state index contributed by atoms with van der Waals surface area (Å²) in [7, 11) is -2.15. The number of hydrogen-bond acceptors (Lipinski definition) is 3. The van der Waals surface area contributed by atoms with E-state index < -0.39 is 9.73 Å². The zero-order chi connectivity index (χ0) is 12.2. The average Bonchev–Trinajstić information content (AvgIpc) is 2.18. The lowest BCUT2D eigenvalue weighted by Gasteiger charge is -2.26. The molecule has 0 radical (unpaired) electrons. The summed E-state index contributed by atoms with van der Waals surface area (Å²) in [4.78, 5) is 11.5. The quantitative estimate of drug-likeness (QED) is 0.818. The van der Waals surface area contributed by atoms with Gasteiger partial charge in [-0.25, -0.2) is 4.36 Å². The van der Waals surface area contributed by atoms with Crippen molar-refractivity contribution in [2.45, 2.75) is 38.6 Å². The van der Waals surface area contributed by atoms with Crippen LogP contribution in [0.25, 0.3) is 0 Å². The first-order valence-corrected chi connectivity index (χ1v) is 8.12. The first kappa shape index (κ1) is 13.5. The van der Waals surface area contributed by atoms with Gasteiger partial charge in [-0.2, -0.15) is 0 Å². The van der Waals surface area contributed by atoms with Crippen molar-refractivity contribution in [1.82, 2.24) is 5.32 Å². The van der Waals surface area contributed by atoms with Gasteiger partial charge in [0.15, 0.2) is 0 Å². The molecule has 1 amide bonds. The van der Waals surface area contributed by atoms with Crippen molar-refractivity contribution in [3.63, 3.8) is 0 Å². The Morgan fingerprint density at radius 2 is 1.88 bits per heavy atom. The van der Waals surface area contributed by atoms with Crippen LogP contribution in [0.2, 0.25) is 0 Å². The van der Waals surface area contributed by atoms with Crippen LogP contribution in [-0.2, 0) is 14.5 Å². The lowest BCUT2D eigenvalue weighted by Crippen LogP contribution is -2.38. The third-order valence-electron chi connectivity index (χ3n) is 2.90. The SMILES string of the molecule is CS(C)(=O)=NCC(=O)N[C@H]1CC[C@H](C)CC1. The topological polar surface area (TPSA) is 58.5 Å². The summed E-state index contributed by atoms with van der Waals surface area (Å²) in [6, 6.07) is 0.295. The molecule has 0 saturated heterocycles. The van der Waals surface area contributed by atoms with Gasteiger partial charge in [0.2, 0.25) is 5.91 Å². The molecule has 0 bridgehead atoms. The lowest BCUT2D eigenvalue weighted by atomic mass is 9.87. The molecule has 0 unspecified atom stereocenters. The normalized spacial score (nSPS) is 26.2. The fourth-order valence-electron chi connectivity index (χ4n) is 1.89. The van der Waals surface area contributed by atoms with E-state index in [2.05, 4.69) is 16.6 Å². The lowest BCUT2D eigenvalue weighted by molar-refractivity contribution is -0.120. The van der Waals surface area contributed by atoms with Crippen molar-refractivity contribution in [1.29, 1.82) is 0 Å². The smallest absolute Gasteiger partial charge is 0.242 e. The van der Waals surface area contributed by atoms with Crippen LogP contribution in [-0.4, -0.2) is 35.2 Å². The number of carbonyl (C=O) groups is 1. The van der Waals surface area contributed by atoms with E-state index in [1.54, 1.807) is 12.5 Å². The van der Waals surface area contributed by atoms with E-state index in [1.807, 2.05) is 0 Å². The molecule has 1 rings (SSSR count). The van der Waals surface area contributed by atoms with Gasteiger partial charge in [-0.05, 0) is 31.6 Å². The second-order valence-electron chi connectivity index (χ2n) is 4.99. The largest absolute Gasteiger partial charge is 0.352 e. The zero-order valence-corrected chi connectivity index (χ0v) is 11.2. The predicted octanol–water partition coefficient (Wildman–Crippen LogP) is 1.41. The molecule has 1 fully saturated rings. The van der Waals surface area contributed by atoms with Gasteiger partial charge in [0, 0.05) is 28.3 Å². The minimum Gasteiger partial charge on any atom is -0.352 e. The fourth-order valence-corrected chi connectivity index (χ4v) is 2.32. The van der Waals surface area contributed by atoms with Crippen molar-refractivity contribution in [2.75, 3.05) is 19.1 Å². The first-order valence-electron chi connectivity index (χ1n) is 5.79. The van der Waals surface area contributed by atoms with Gasteiger partial charge in [-0.3, -0.25) is 9.00 Å². The van der Waals surface area contributed by atoms with Crippen LogP contribution in [0.3, 0.4) is 0 Å². The monoisotopic (exact) mass is 246 g/mol. The van der Waals surface area contributed by atoms with Gasteiger partial charge >= 0.3 is 0 Å². The maximum Gasteiger partial charge on any atom is 0.242 e. The Kier molecular flexibility index (Phi) is 4.77. The third-order valence-corrected chi connectivity index (χ3v) is 3.65. The summed E-state index contributed by atoms with van der Waals surface area (Å²) >= 11 is 0. The minimum absolute atomic E-state index is 0.0257. The number of amides is 1. The van der Waals surface area contributed by atoms with Gasteiger partial charge < -0.3 is 5.32 Å². The minimum atomic E-state index is -2.15. The molecule has 0 spiro atoms. The molecule has 0 atom stereocenters. The summed E-state index contributed by atoms with van der Waals surface area (Å²) in [6.07, 6.45) is 7.56. The molecule has 94 valence electrons. The fraction of sp³-hybridized carbons (Fsp3) is 0.909. The summed E-state index contributed by atoms with van der Waals surface area (Å²) in [5, 5.41) is 2.95. The summed E-state index contributed by atoms with van der Waals surface area (Å²) in [5.74, 6) is 0.679. The van der Waals surface area contributed by atoms with E-state index in [-0.39, 0.29) is 12.5 Å². The molecule has 0 heterocycles. The van der Waals surface area contributed by atoms with E-state index in [1.165, 1.54) is 12.8 Å². The van der Waals surface area contributed by atoms with Crippen molar-refractivity contribution in [2.24, 2.45) is 10.3 Å². The van der Waals surface area contributed by atoms with Crippen LogP contribution in [0.4, 0.5) is 0 Å². The van der Waals surface area contributed by atoms with Gasteiger partial charge in [0.1, 0.15) is 6.54 Å². The second kappa shape index (κ2) is 5.66. The van der Waals surface area contributed by atoms with Crippen LogP contribution in [0.5, 0.6) is 0 Å². The molecule has 0 aromatic carbocycles. The number of nitrogens with zero attached hydrogens (tertiary/aromatic N) is 1. The van der Waals surface area contributed by atoms with E-state index >= 15 is 0 Å². The Balaban J connectivity index is 2.33. The number of carbonyl (C=O) groups excluding carboxylic acids is 1. The molecule has 0 aromatic rings. The summed E-state index contributed by atoms with van der Waals surface area (Å²) in [5.41, 5.74) is 0. The number of nitrogens with one attached hydrogen (secondary N) is 1. The van der Waals surface area contributed by atoms with Crippen LogP contribution < -0.4 is 5.32 Å². The van der Waals surface area contributed by atoms with Crippen LogP contribution in [0.1, 0.15) is 32.6 Å². The van der Waals surface area contributed by atoms with E-state index in [4.69, 9.17) is 0 Å². The molecule has 16 heavy (non-hydrogen) atoms. The zero-order valence-electron chi connectivity index (χ0n) is 10.4. The molecule has 0 aliphatic heterocycles. The average molecular weight is 246 g/mol. The maximum atomic E-state index is 11.5. The summed E-state index contributed by atoms with van der Waals surface area (Å²) < 4.78 is 15.1. The van der Waals surface area contributed by atoms with Gasteiger partial charge in [-0.15, -0.1) is 0 Å². The Morgan fingerprint density at radius 1 is 1.31 bits per heavy atom. The van der Waals surface area contributed by atoms with Crippen molar-refractivity contribution in [3.05, 3.63) is 0 Å². The molecular formula is C11H22N2O2S. The van der Waals surface area contributed by atoms with E-state index in [9.17, 15) is 9.00 Å². The van der Waals surface area contributed by atoms with E-state index in [0.29, 0.717) is 6.04 Å². The van der Waals surface area contributed by atoms with Crippen molar-refractivity contribution >= 4 is 15.6 Å². The standard InChI is InChI=1S/C11H22N2O2S/c1-9-4-6-10(7-5-9)13-11(14)8-12-16(2,3)15/h9-10H,4-8H2,1-3H3,(H,13,14)/t9-,10-. The van der Waals surface area contributed by atoms with Crippen molar-refractivity contribution < 1.29 is 9.00 Å².